The van der Waals surface area contributed by atoms with Crippen LogP contribution in [-0.4, -0.2) is 40.2 Å². The number of nitrogens with zero attached hydrogens (tertiary/aromatic N) is 3. The third-order valence-electron chi connectivity index (χ3n) is 4.72. The van der Waals surface area contributed by atoms with E-state index < -0.39 is 0 Å². The van der Waals surface area contributed by atoms with Gasteiger partial charge in [0.05, 0.1) is 11.6 Å². The lowest BCUT2D eigenvalue weighted by Crippen LogP contribution is -2.43. The molecule has 0 N–H and O–H groups in total. The van der Waals surface area contributed by atoms with E-state index in [4.69, 9.17) is 4.74 Å². The number of likely N-dealkylation sites (tertiary alicyclic amines) is 1. The molecule has 2 aromatic rings. The number of benzene rings is 1. The fourth-order valence-corrected chi connectivity index (χ4v) is 3.27. The number of hydrogen-bond acceptors (Lipinski definition) is 4. The van der Waals surface area contributed by atoms with E-state index >= 15 is 0 Å². The van der Waals surface area contributed by atoms with E-state index in [1.165, 1.54) is 0 Å². The highest BCUT2D eigenvalue weighted by Gasteiger charge is 2.29. The van der Waals surface area contributed by atoms with Gasteiger partial charge in [-0.3, -0.25) is 4.79 Å². The number of carbonyl (C=O) groups is 1. The Morgan fingerprint density at radius 3 is 2.48 bits per heavy atom. The third kappa shape index (κ3) is 4.35. The first-order valence-electron chi connectivity index (χ1n) is 8.98. The molecule has 3 rings (SSSR count). The second kappa shape index (κ2) is 8.10. The van der Waals surface area contributed by atoms with Crippen molar-refractivity contribution in [3.05, 3.63) is 53.7 Å². The van der Waals surface area contributed by atoms with Crippen LogP contribution in [0.5, 0.6) is 5.88 Å². The van der Waals surface area contributed by atoms with Gasteiger partial charge in [-0.15, -0.1) is 5.10 Å². The van der Waals surface area contributed by atoms with E-state index in [2.05, 4.69) is 17.1 Å². The zero-order chi connectivity index (χ0) is 17.6. The summed E-state index contributed by atoms with van der Waals surface area (Å²) >= 11 is 0. The van der Waals surface area contributed by atoms with Gasteiger partial charge in [0.15, 0.2) is 0 Å². The summed E-state index contributed by atoms with van der Waals surface area (Å²) in [5.74, 6) is 0.731. The number of hydrogen-bond donors (Lipinski definition) is 0. The van der Waals surface area contributed by atoms with Crippen LogP contribution in [0.1, 0.15) is 43.4 Å². The topological polar surface area (TPSA) is 55.3 Å². The summed E-state index contributed by atoms with van der Waals surface area (Å²) in [5, 5.41) is 8.07. The SMILES string of the molecule is CCC(C(=O)N1CCC(Oc2ccc(C)nn2)CC1)c1ccccc1. The first-order chi connectivity index (χ1) is 12.2. The highest BCUT2D eigenvalue weighted by Crippen LogP contribution is 2.25. The largest absolute Gasteiger partial charge is 0.473 e. The van der Waals surface area contributed by atoms with Crippen molar-refractivity contribution in [3.8, 4) is 5.88 Å². The van der Waals surface area contributed by atoms with Gasteiger partial charge in [-0.05, 0) is 25.0 Å². The Labute approximate surface area is 149 Å². The number of aryl methyl sites for hydroxylation is 1. The van der Waals surface area contributed by atoms with Crippen LogP contribution in [-0.2, 0) is 4.79 Å². The van der Waals surface area contributed by atoms with Crippen LogP contribution in [0.15, 0.2) is 42.5 Å². The first kappa shape index (κ1) is 17.4. The van der Waals surface area contributed by atoms with Gasteiger partial charge in [-0.2, -0.15) is 5.10 Å². The van der Waals surface area contributed by atoms with Crippen LogP contribution in [0.2, 0.25) is 0 Å². The Hall–Kier alpha value is -2.43. The zero-order valence-electron chi connectivity index (χ0n) is 14.9. The van der Waals surface area contributed by atoms with Gasteiger partial charge in [0.25, 0.3) is 0 Å². The minimum Gasteiger partial charge on any atom is -0.473 e. The van der Waals surface area contributed by atoms with Crippen LogP contribution >= 0.6 is 0 Å². The molecular weight excluding hydrogens is 314 g/mol. The third-order valence-corrected chi connectivity index (χ3v) is 4.72. The maximum atomic E-state index is 12.9. The van der Waals surface area contributed by atoms with Crippen LogP contribution in [0, 0.1) is 6.92 Å². The Balaban J connectivity index is 1.56. The number of ether oxygens (including phenoxy) is 1. The van der Waals surface area contributed by atoms with E-state index in [0.29, 0.717) is 5.88 Å². The molecule has 1 aromatic carbocycles. The molecule has 1 aliphatic heterocycles. The Bertz CT molecular complexity index is 680. The van der Waals surface area contributed by atoms with Crippen LogP contribution in [0.25, 0.3) is 0 Å². The van der Waals surface area contributed by atoms with Gasteiger partial charge in [0.1, 0.15) is 6.10 Å². The molecule has 25 heavy (non-hydrogen) atoms. The summed E-state index contributed by atoms with van der Waals surface area (Å²) in [6.07, 6.45) is 2.56. The van der Waals surface area contributed by atoms with Crippen molar-refractivity contribution in [2.45, 2.75) is 45.1 Å². The summed E-state index contributed by atoms with van der Waals surface area (Å²) in [7, 11) is 0. The van der Waals surface area contributed by atoms with Crippen molar-refractivity contribution >= 4 is 5.91 Å². The van der Waals surface area contributed by atoms with Gasteiger partial charge < -0.3 is 9.64 Å². The standard InChI is InChI=1S/C20H25N3O2/c1-3-18(16-7-5-4-6-8-16)20(24)23-13-11-17(12-14-23)25-19-10-9-15(2)21-22-19/h4-10,17-18H,3,11-14H2,1-2H3. The summed E-state index contributed by atoms with van der Waals surface area (Å²) in [6.45, 7) is 5.43. The molecule has 1 aliphatic rings. The highest BCUT2D eigenvalue weighted by molar-refractivity contribution is 5.83. The molecule has 0 radical (unpaired) electrons. The van der Waals surface area contributed by atoms with Crippen molar-refractivity contribution < 1.29 is 9.53 Å². The van der Waals surface area contributed by atoms with Crippen molar-refractivity contribution in [3.63, 3.8) is 0 Å². The lowest BCUT2D eigenvalue weighted by molar-refractivity contribution is -0.134. The monoisotopic (exact) mass is 339 g/mol. The molecular formula is C20H25N3O2. The van der Waals surface area contributed by atoms with Gasteiger partial charge in [-0.1, -0.05) is 37.3 Å². The number of rotatable bonds is 5. The zero-order valence-corrected chi connectivity index (χ0v) is 14.9. The summed E-state index contributed by atoms with van der Waals surface area (Å²) in [4.78, 5) is 14.9. The van der Waals surface area contributed by atoms with E-state index in [9.17, 15) is 4.79 Å². The summed E-state index contributed by atoms with van der Waals surface area (Å²) in [6, 6.07) is 13.8. The van der Waals surface area contributed by atoms with Crippen LogP contribution in [0.3, 0.4) is 0 Å². The van der Waals surface area contributed by atoms with E-state index in [1.807, 2.05) is 54.3 Å². The van der Waals surface area contributed by atoms with Crippen molar-refractivity contribution in [1.29, 1.82) is 0 Å². The number of carbonyl (C=O) groups excluding carboxylic acids is 1. The predicted molar refractivity (Wildman–Crippen MR) is 96.5 cm³/mol. The molecule has 0 saturated carbocycles. The Morgan fingerprint density at radius 1 is 1.16 bits per heavy atom. The average molecular weight is 339 g/mol. The van der Waals surface area contributed by atoms with Gasteiger partial charge in [0.2, 0.25) is 11.8 Å². The van der Waals surface area contributed by atoms with E-state index in [1.54, 1.807) is 0 Å². The lowest BCUT2D eigenvalue weighted by Gasteiger charge is -2.34. The second-order valence-corrected chi connectivity index (χ2v) is 6.53. The quantitative estimate of drug-likeness (QED) is 0.838. The summed E-state index contributed by atoms with van der Waals surface area (Å²) < 4.78 is 5.90. The van der Waals surface area contributed by atoms with Crippen molar-refractivity contribution in [2.75, 3.05) is 13.1 Å². The van der Waals surface area contributed by atoms with Crippen molar-refractivity contribution in [1.82, 2.24) is 15.1 Å². The van der Waals surface area contributed by atoms with Crippen LogP contribution < -0.4 is 4.74 Å². The number of aromatic nitrogens is 2. The molecule has 0 spiro atoms. The number of piperidine rings is 1. The molecule has 1 aromatic heterocycles. The lowest BCUT2D eigenvalue weighted by atomic mass is 9.94. The molecule has 0 aliphatic carbocycles. The Kier molecular flexibility index (Phi) is 5.64. The van der Waals surface area contributed by atoms with Gasteiger partial charge >= 0.3 is 0 Å². The molecule has 5 heteroatoms. The molecule has 1 atom stereocenters. The Morgan fingerprint density at radius 2 is 1.88 bits per heavy atom. The van der Waals surface area contributed by atoms with E-state index in [0.717, 1.165) is 43.6 Å². The number of amides is 1. The maximum absolute atomic E-state index is 12.9. The van der Waals surface area contributed by atoms with Crippen molar-refractivity contribution in [2.24, 2.45) is 0 Å². The fourth-order valence-electron chi connectivity index (χ4n) is 3.27. The highest BCUT2D eigenvalue weighted by atomic mass is 16.5. The average Bonchev–Trinajstić information content (AvgIpc) is 2.66. The fraction of sp³-hybridized carbons (Fsp3) is 0.450. The maximum Gasteiger partial charge on any atom is 0.233 e. The van der Waals surface area contributed by atoms with E-state index in [-0.39, 0.29) is 17.9 Å². The molecule has 132 valence electrons. The smallest absolute Gasteiger partial charge is 0.233 e. The minimum atomic E-state index is -0.0540. The molecule has 1 saturated heterocycles. The van der Waals surface area contributed by atoms with Crippen LogP contribution in [0.4, 0.5) is 0 Å². The predicted octanol–water partition coefficient (Wildman–Crippen LogP) is 3.35. The minimum absolute atomic E-state index is 0.0540. The van der Waals surface area contributed by atoms with Gasteiger partial charge in [0, 0.05) is 32.0 Å². The molecule has 1 amide bonds. The first-order valence-corrected chi connectivity index (χ1v) is 8.98. The molecule has 0 bridgehead atoms. The molecule has 1 unspecified atom stereocenters. The molecule has 1 fully saturated rings. The summed E-state index contributed by atoms with van der Waals surface area (Å²) in [5.41, 5.74) is 1.97. The second-order valence-electron chi connectivity index (χ2n) is 6.53. The molecule has 2 heterocycles. The normalized spacial score (nSPS) is 16.5. The van der Waals surface area contributed by atoms with Gasteiger partial charge in [-0.25, -0.2) is 0 Å². The molecule has 5 nitrogen and oxygen atoms in total.